The van der Waals surface area contributed by atoms with E-state index < -0.39 is 0 Å². The molecule has 140 valence electrons. The van der Waals surface area contributed by atoms with Crippen LogP contribution in [0.25, 0.3) is 0 Å². The summed E-state index contributed by atoms with van der Waals surface area (Å²) in [7, 11) is 1.66. The van der Waals surface area contributed by atoms with Crippen molar-refractivity contribution in [3.8, 4) is 11.8 Å². The lowest BCUT2D eigenvalue weighted by Gasteiger charge is -2.38. The van der Waals surface area contributed by atoms with Crippen molar-refractivity contribution in [3.63, 3.8) is 0 Å². The van der Waals surface area contributed by atoms with E-state index in [2.05, 4.69) is 33.3 Å². The third-order valence-corrected chi connectivity index (χ3v) is 4.96. The Hall–Kier alpha value is -3.04. The van der Waals surface area contributed by atoms with Crippen LogP contribution in [0.2, 0.25) is 0 Å². The van der Waals surface area contributed by atoms with Crippen LogP contribution in [0.1, 0.15) is 12.5 Å². The van der Waals surface area contributed by atoms with E-state index in [-0.39, 0.29) is 11.9 Å². The summed E-state index contributed by atoms with van der Waals surface area (Å²) < 4.78 is 5.21. The average Bonchev–Trinajstić information content (AvgIpc) is 2.74. The molecule has 1 atom stereocenters. The van der Waals surface area contributed by atoms with Crippen molar-refractivity contribution in [3.05, 3.63) is 54.1 Å². The number of rotatable bonds is 5. The van der Waals surface area contributed by atoms with Crippen molar-refractivity contribution in [2.45, 2.75) is 13.0 Å². The van der Waals surface area contributed by atoms with Crippen molar-refractivity contribution in [2.75, 3.05) is 43.5 Å². The molecule has 1 unspecified atom stereocenters. The van der Waals surface area contributed by atoms with Crippen LogP contribution in [0, 0.1) is 11.3 Å². The Balaban J connectivity index is 1.53. The lowest BCUT2D eigenvalue weighted by Crippen LogP contribution is -2.52. The molecular weight excluding hydrogens is 340 g/mol. The molecule has 1 aliphatic rings. The van der Waals surface area contributed by atoms with Gasteiger partial charge in [0.15, 0.2) is 0 Å². The zero-order valence-electron chi connectivity index (χ0n) is 15.7. The molecular formula is C21H24N4O2. The summed E-state index contributed by atoms with van der Waals surface area (Å²) >= 11 is 0. The lowest BCUT2D eigenvalue weighted by molar-refractivity contribution is -0.120. The third-order valence-electron chi connectivity index (χ3n) is 4.96. The van der Waals surface area contributed by atoms with E-state index in [0.29, 0.717) is 11.3 Å². The molecule has 1 saturated heterocycles. The van der Waals surface area contributed by atoms with Gasteiger partial charge in [-0.05, 0) is 55.5 Å². The zero-order valence-corrected chi connectivity index (χ0v) is 15.7. The average molecular weight is 364 g/mol. The minimum absolute atomic E-state index is 0.0300. The summed E-state index contributed by atoms with van der Waals surface area (Å²) in [4.78, 5) is 17.1. The first-order valence-electron chi connectivity index (χ1n) is 9.05. The molecule has 6 nitrogen and oxygen atoms in total. The minimum Gasteiger partial charge on any atom is -0.497 e. The van der Waals surface area contributed by atoms with Crippen LogP contribution in [0.5, 0.6) is 5.75 Å². The van der Waals surface area contributed by atoms with Gasteiger partial charge < -0.3 is 15.0 Å². The van der Waals surface area contributed by atoms with Crippen molar-refractivity contribution in [1.29, 1.82) is 5.26 Å². The van der Waals surface area contributed by atoms with Crippen LogP contribution in [0.4, 0.5) is 11.4 Å². The molecule has 0 bridgehead atoms. The van der Waals surface area contributed by atoms with Gasteiger partial charge in [-0.15, -0.1) is 0 Å². The van der Waals surface area contributed by atoms with Crippen LogP contribution in [0.3, 0.4) is 0 Å². The van der Waals surface area contributed by atoms with Crippen molar-refractivity contribution < 1.29 is 9.53 Å². The maximum Gasteiger partial charge on any atom is 0.241 e. The van der Waals surface area contributed by atoms with Crippen LogP contribution in [-0.4, -0.2) is 50.1 Å². The molecule has 2 aromatic carbocycles. The zero-order chi connectivity index (χ0) is 19.2. The second-order valence-corrected chi connectivity index (χ2v) is 6.58. The smallest absolute Gasteiger partial charge is 0.241 e. The van der Waals surface area contributed by atoms with E-state index in [1.54, 1.807) is 31.4 Å². The Morgan fingerprint density at radius 3 is 2.26 bits per heavy atom. The quantitative estimate of drug-likeness (QED) is 0.883. The lowest BCUT2D eigenvalue weighted by atomic mass is 10.1. The molecule has 0 saturated carbocycles. The van der Waals surface area contributed by atoms with Crippen LogP contribution < -0.4 is 15.0 Å². The highest BCUT2D eigenvalue weighted by atomic mass is 16.5. The predicted molar refractivity (Wildman–Crippen MR) is 106 cm³/mol. The summed E-state index contributed by atoms with van der Waals surface area (Å²) in [6.45, 7) is 5.34. The molecule has 1 heterocycles. The van der Waals surface area contributed by atoms with Crippen LogP contribution >= 0.6 is 0 Å². The molecule has 0 radical (unpaired) electrons. The first kappa shape index (κ1) is 18.7. The van der Waals surface area contributed by atoms with Gasteiger partial charge in [-0.1, -0.05) is 0 Å². The van der Waals surface area contributed by atoms with Crippen LogP contribution in [0.15, 0.2) is 48.5 Å². The number of hydrogen-bond acceptors (Lipinski definition) is 5. The van der Waals surface area contributed by atoms with Gasteiger partial charge in [0.1, 0.15) is 5.75 Å². The molecule has 1 aliphatic heterocycles. The Labute approximate surface area is 160 Å². The molecule has 6 heteroatoms. The summed E-state index contributed by atoms with van der Waals surface area (Å²) in [6, 6.07) is 16.8. The van der Waals surface area contributed by atoms with Crippen molar-refractivity contribution >= 4 is 17.3 Å². The summed E-state index contributed by atoms with van der Waals surface area (Å²) in [6.07, 6.45) is 0. The predicted octanol–water partition coefficient (Wildman–Crippen LogP) is 2.72. The number of nitrogens with zero attached hydrogens (tertiary/aromatic N) is 3. The first-order chi connectivity index (χ1) is 13.1. The van der Waals surface area contributed by atoms with Gasteiger partial charge in [-0.2, -0.15) is 5.26 Å². The summed E-state index contributed by atoms with van der Waals surface area (Å²) in [5, 5.41) is 11.8. The monoisotopic (exact) mass is 364 g/mol. The number of hydrogen-bond donors (Lipinski definition) is 1. The third kappa shape index (κ3) is 4.57. The Bertz CT molecular complexity index is 804. The topological polar surface area (TPSA) is 68.6 Å². The molecule has 3 rings (SSSR count). The van der Waals surface area contributed by atoms with Crippen molar-refractivity contribution in [2.24, 2.45) is 0 Å². The highest BCUT2D eigenvalue weighted by molar-refractivity contribution is 5.94. The maximum atomic E-state index is 12.5. The van der Waals surface area contributed by atoms with Gasteiger partial charge in [0.05, 0.1) is 24.8 Å². The molecule has 1 fully saturated rings. The van der Waals surface area contributed by atoms with Gasteiger partial charge in [0.25, 0.3) is 0 Å². The number of anilines is 2. The van der Waals surface area contributed by atoms with E-state index in [9.17, 15) is 4.79 Å². The fourth-order valence-corrected chi connectivity index (χ4v) is 3.20. The molecule has 2 aromatic rings. The second-order valence-electron chi connectivity index (χ2n) is 6.58. The second kappa shape index (κ2) is 8.56. The number of benzene rings is 2. The number of amides is 1. The van der Waals surface area contributed by atoms with Gasteiger partial charge in [0.2, 0.25) is 5.91 Å². The number of nitrogens with one attached hydrogen (secondary N) is 1. The minimum atomic E-state index is -0.210. The number of methoxy groups -OCH3 is 1. The molecule has 0 spiro atoms. The van der Waals surface area contributed by atoms with Gasteiger partial charge >= 0.3 is 0 Å². The molecule has 27 heavy (non-hydrogen) atoms. The normalized spacial score (nSPS) is 15.7. The molecule has 0 aliphatic carbocycles. The van der Waals surface area contributed by atoms with Gasteiger partial charge in [-0.3, -0.25) is 9.69 Å². The first-order valence-corrected chi connectivity index (χ1v) is 9.05. The molecule has 1 N–H and O–H groups in total. The Morgan fingerprint density at radius 2 is 1.70 bits per heavy atom. The summed E-state index contributed by atoms with van der Waals surface area (Å²) in [5.41, 5.74) is 2.46. The largest absolute Gasteiger partial charge is 0.497 e. The van der Waals surface area contributed by atoms with Crippen LogP contribution in [-0.2, 0) is 4.79 Å². The Kier molecular flexibility index (Phi) is 5.94. The Morgan fingerprint density at radius 1 is 1.07 bits per heavy atom. The fraction of sp³-hybridized carbons (Fsp3) is 0.333. The standard InChI is InChI=1S/C21H24N4O2/c1-16(21(26)23-18-5-3-17(15-22)4-6-18)24-11-13-25(14-12-24)19-7-9-20(27-2)10-8-19/h3-10,16H,11-14H2,1-2H3,(H,23,26). The number of ether oxygens (including phenoxy) is 1. The highest BCUT2D eigenvalue weighted by Crippen LogP contribution is 2.21. The summed E-state index contributed by atoms with van der Waals surface area (Å²) in [5.74, 6) is 0.822. The van der Waals surface area contributed by atoms with Gasteiger partial charge in [0, 0.05) is 37.6 Å². The number of piperazine rings is 1. The maximum absolute atomic E-state index is 12.5. The number of nitriles is 1. The fourth-order valence-electron chi connectivity index (χ4n) is 3.20. The van der Waals surface area contributed by atoms with E-state index in [1.165, 1.54) is 5.69 Å². The number of carbonyl (C=O) groups excluding carboxylic acids is 1. The van der Waals surface area contributed by atoms with Crippen molar-refractivity contribution in [1.82, 2.24) is 4.90 Å². The van der Waals surface area contributed by atoms with Gasteiger partial charge in [-0.25, -0.2) is 0 Å². The SMILES string of the molecule is COc1ccc(N2CCN(C(C)C(=O)Nc3ccc(C#N)cc3)CC2)cc1. The van der Waals surface area contributed by atoms with E-state index in [1.807, 2.05) is 19.1 Å². The molecule has 1 amide bonds. The van der Waals surface area contributed by atoms with E-state index >= 15 is 0 Å². The number of carbonyl (C=O) groups is 1. The molecule has 0 aromatic heterocycles. The van der Waals surface area contributed by atoms with E-state index in [0.717, 1.165) is 31.9 Å². The van der Waals surface area contributed by atoms with E-state index in [4.69, 9.17) is 10.00 Å². The highest BCUT2D eigenvalue weighted by Gasteiger charge is 2.25.